The van der Waals surface area contributed by atoms with Gasteiger partial charge in [-0.3, -0.25) is 9.36 Å². The summed E-state index contributed by atoms with van der Waals surface area (Å²) in [6, 6.07) is 0.962. The van der Waals surface area contributed by atoms with Crippen LogP contribution in [0.3, 0.4) is 0 Å². The molecule has 2 heterocycles. The van der Waals surface area contributed by atoms with Crippen molar-refractivity contribution in [3.8, 4) is 11.1 Å². The van der Waals surface area contributed by atoms with E-state index in [1.165, 1.54) is 11.7 Å². The van der Waals surface area contributed by atoms with Gasteiger partial charge in [-0.05, 0) is 39.0 Å². The normalized spacial score (nSPS) is 15.8. The molecule has 3 aromatic rings. The standard InChI is InChI=1S/C30H30ClF5N4O3S/c1-6-15(3)11-39(12-16(4)37-24(41)7-2)28-19-8-20(30(34,35)36)25(18-9-21(31)23(33)10-22(18)32)27-26(19)40(29(42)38-28)17(13-43-5)14-44-27/h6-10,16-17H,2,11-14H2,1,3-5H3,(H,37,41)/b15-6-/t16-,17-/m0/s1. The zero-order valence-corrected chi connectivity index (χ0v) is 25.9. The number of aromatic nitrogens is 2. The number of benzene rings is 2. The first-order valence-corrected chi connectivity index (χ1v) is 14.8. The van der Waals surface area contributed by atoms with Crippen molar-refractivity contribution in [3.05, 3.63) is 75.2 Å². The average molecular weight is 657 g/mol. The molecular formula is C30H30ClF5N4O3S. The van der Waals surface area contributed by atoms with Crippen LogP contribution >= 0.6 is 23.4 Å². The molecular weight excluding hydrogens is 627 g/mol. The highest BCUT2D eigenvalue weighted by Gasteiger charge is 2.40. The Morgan fingerprint density at radius 2 is 2.02 bits per heavy atom. The summed E-state index contributed by atoms with van der Waals surface area (Å²) in [5.41, 5.74) is -2.14. The molecule has 0 saturated heterocycles. The largest absolute Gasteiger partial charge is 0.417 e. The van der Waals surface area contributed by atoms with Crippen molar-refractivity contribution >= 4 is 46.0 Å². The molecule has 7 nitrogen and oxygen atoms in total. The maximum atomic E-state index is 15.2. The molecule has 0 bridgehead atoms. The first-order chi connectivity index (χ1) is 20.7. The molecule has 0 saturated carbocycles. The van der Waals surface area contributed by atoms with Gasteiger partial charge in [-0.1, -0.05) is 29.8 Å². The Bertz CT molecular complexity index is 1710. The number of alkyl halides is 3. The number of rotatable bonds is 10. The lowest BCUT2D eigenvalue weighted by atomic mass is 9.95. The highest BCUT2D eigenvalue weighted by molar-refractivity contribution is 7.99. The molecule has 0 radical (unpaired) electrons. The van der Waals surface area contributed by atoms with Gasteiger partial charge in [0.05, 0.1) is 28.8 Å². The van der Waals surface area contributed by atoms with Gasteiger partial charge in [-0.2, -0.15) is 18.2 Å². The molecule has 0 spiro atoms. The number of ether oxygens (including phenoxy) is 1. The first kappa shape index (κ1) is 33.5. The Morgan fingerprint density at radius 3 is 2.64 bits per heavy atom. The van der Waals surface area contributed by atoms with Crippen LogP contribution in [-0.4, -0.2) is 54.1 Å². The summed E-state index contributed by atoms with van der Waals surface area (Å²) in [5.74, 6) is -2.74. The van der Waals surface area contributed by atoms with Crippen LogP contribution in [0, 0.1) is 11.6 Å². The molecule has 14 heteroatoms. The minimum atomic E-state index is -5.00. The number of hydrogen-bond acceptors (Lipinski definition) is 6. The number of carbonyl (C=O) groups excluding carboxylic acids is 1. The topological polar surface area (TPSA) is 76.5 Å². The molecule has 44 heavy (non-hydrogen) atoms. The minimum absolute atomic E-state index is 0.0104. The number of nitrogens with one attached hydrogen (secondary N) is 1. The molecule has 1 amide bonds. The van der Waals surface area contributed by atoms with Crippen molar-refractivity contribution in [2.24, 2.45) is 0 Å². The number of hydrogen-bond donors (Lipinski definition) is 1. The van der Waals surface area contributed by atoms with Crippen molar-refractivity contribution in [2.75, 3.05) is 37.5 Å². The first-order valence-electron chi connectivity index (χ1n) is 13.5. The van der Waals surface area contributed by atoms with Crippen molar-refractivity contribution < 1.29 is 31.5 Å². The van der Waals surface area contributed by atoms with Crippen LogP contribution in [0.4, 0.5) is 27.8 Å². The second kappa shape index (κ2) is 13.3. The monoisotopic (exact) mass is 656 g/mol. The maximum Gasteiger partial charge on any atom is 0.417 e. The van der Waals surface area contributed by atoms with Crippen molar-refractivity contribution in [3.63, 3.8) is 0 Å². The Hall–Kier alpha value is -3.42. The fourth-order valence-corrected chi connectivity index (χ4v) is 6.63. The molecule has 1 aliphatic rings. The third-order valence-corrected chi connectivity index (χ3v) is 8.70. The molecule has 2 aromatic carbocycles. The van der Waals surface area contributed by atoms with Gasteiger partial charge in [-0.25, -0.2) is 13.6 Å². The van der Waals surface area contributed by atoms with Gasteiger partial charge >= 0.3 is 11.9 Å². The predicted molar refractivity (Wildman–Crippen MR) is 162 cm³/mol. The molecule has 0 aliphatic carbocycles. The summed E-state index contributed by atoms with van der Waals surface area (Å²) < 4.78 is 80.4. The Morgan fingerprint density at radius 1 is 1.32 bits per heavy atom. The molecule has 4 rings (SSSR count). The zero-order chi connectivity index (χ0) is 32.5. The molecule has 0 fully saturated rings. The quantitative estimate of drug-likeness (QED) is 0.112. The third kappa shape index (κ3) is 6.64. The number of nitrogens with zero attached hydrogens (tertiary/aromatic N) is 3. The molecule has 1 aliphatic heterocycles. The van der Waals surface area contributed by atoms with E-state index in [1.807, 2.05) is 13.0 Å². The maximum absolute atomic E-state index is 15.2. The molecule has 236 valence electrons. The minimum Gasteiger partial charge on any atom is -0.383 e. The highest BCUT2D eigenvalue weighted by Crippen LogP contribution is 2.50. The van der Waals surface area contributed by atoms with E-state index >= 15 is 4.39 Å². The van der Waals surface area contributed by atoms with Crippen LogP contribution in [0.1, 0.15) is 32.4 Å². The van der Waals surface area contributed by atoms with Gasteiger partial charge in [0.2, 0.25) is 5.91 Å². The number of allylic oxidation sites excluding steroid dienone is 1. The van der Waals surface area contributed by atoms with Crippen molar-refractivity contribution in [1.29, 1.82) is 0 Å². The van der Waals surface area contributed by atoms with Gasteiger partial charge in [0.1, 0.15) is 17.5 Å². The lowest BCUT2D eigenvalue weighted by Crippen LogP contribution is -2.43. The predicted octanol–water partition coefficient (Wildman–Crippen LogP) is 6.77. The highest BCUT2D eigenvalue weighted by atomic mass is 35.5. The van der Waals surface area contributed by atoms with Gasteiger partial charge in [-0.15, -0.1) is 11.8 Å². The van der Waals surface area contributed by atoms with Gasteiger partial charge in [0.25, 0.3) is 0 Å². The Kier molecular flexibility index (Phi) is 10.1. The average Bonchev–Trinajstić information content (AvgIpc) is 2.95. The fourth-order valence-electron chi connectivity index (χ4n) is 5.15. The molecule has 0 unspecified atom stereocenters. The van der Waals surface area contributed by atoms with Crippen molar-refractivity contribution in [2.45, 2.75) is 43.9 Å². The van der Waals surface area contributed by atoms with Crippen LogP contribution in [0.25, 0.3) is 22.0 Å². The van der Waals surface area contributed by atoms with E-state index in [2.05, 4.69) is 16.9 Å². The summed E-state index contributed by atoms with van der Waals surface area (Å²) >= 11 is 6.92. The summed E-state index contributed by atoms with van der Waals surface area (Å²) in [5, 5.41) is 2.15. The second-order valence-corrected chi connectivity index (χ2v) is 11.8. The molecule has 1 aromatic heterocycles. The number of thioether (sulfide) groups is 1. The Labute approximate surface area is 259 Å². The van der Waals surface area contributed by atoms with Gasteiger partial charge in [0.15, 0.2) is 0 Å². The summed E-state index contributed by atoms with van der Waals surface area (Å²) in [6.07, 6.45) is -2.09. The number of amides is 1. The number of methoxy groups -OCH3 is 1. The van der Waals surface area contributed by atoms with E-state index < -0.39 is 63.2 Å². The smallest absolute Gasteiger partial charge is 0.383 e. The van der Waals surface area contributed by atoms with Crippen LogP contribution < -0.4 is 15.9 Å². The van der Waals surface area contributed by atoms with Gasteiger partial charge in [0, 0.05) is 59.5 Å². The molecule has 2 atom stereocenters. The van der Waals surface area contributed by atoms with Crippen LogP contribution in [0.5, 0.6) is 0 Å². The lowest BCUT2D eigenvalue weighted by Gasteiger charge is -2.33. The van der Waals surface area contributed by atoms with Crippen LogP contribution in [0.2, 0.25) is 5.02 Å². The fraction of sp³-hybridized carbons (Fsp3) is 0.367. The SMILES string of the molecule is C=CC(=O)N[C@@H](C)CN(C/C(C)=C\C)c1nc(=O)n2c3c(c(-c4cc(Cl)c(F)cc4F)c(C(F)(F)F)cc13)SC[C@@H]2COC. The van der Waals surface area contributed by atoms with E-state index in [0.717, 1.165) is 35.5 Å². The molecule has 1 N–H and O–H groups in total. The van der Waals surface area contributed by atoms with E-state index in [4.69, 9.17) is 16.3 Å². The van der Waals surface area contributed by atoms with Crippen LogP contribution in [0.15, 0.2) is 52.2 Å². The van der Waals surface area contributed by atoms with E-state index in [9.17, 15) is 27.2 Å². The van der Waals surface area contributed by atoms with Crippen LogP contribution in [-0.2, 0) is 15.7 Å². The third-order valence-electron chi connectivity index (χ3n) is 7.17. The lowest BCUT2D eigenvalue weighted by molar-refractivity contribution is -0.137. The summed E-state index contributed by atoms with van der Waals surface area (Å²) in [7, 11) is 1.43. The number of carbonyl (C=O) groups is 1. The number of halogens is 6. The van der Waals surface area contributed by atoms with Gasteiger partial charge < -0.3 is 15.0 Å². The van der Waals surface area contributed by atoms with Crippen molar-refractivity contribution in [1.82, 2.24) is 14.9 Å². The van der Waals surface area contributed by atoms with E-state index in [-0.39, 0.29) is 47.1 Å². The number of anilines is 1. The van der Waals surface area contributed by atoms with E-state index in [0.29, 0.717) is 6.07 Å². The summed E-state index contributed by atoms with van der Waals surface area (Å²) in [4.78, 5) is 31.6. The van der Waals surface area contributed by atoms with E-state index in [1.54, 1.807) is 18.7 Å². The zero-order valence-electron chi connectivity index (χ0n) is 24.3. The summed E-state index contributed by atoms with van der Waals surface area (Å²) in [6.45, 7) is 9.04. The Balaban J connectivity index is 2.14. The second-order valence-electron chi connectivity index (χ2n) is 10.4.